The van der Waals surface area contributed by atoms with Crippen LogP contribution in [0.5, 0.6) is 5.75 Å². The van der Waals surface area contributed by atoms with E-state index in [0.29, 0.717) is 0 Å². The molecule has 0 radical (unpaired) electrons. The van der Waals surface area contributed by atoms with Crippen molar-refractivity contribution in [2.75, 3.05) is 0 Å². The van der Waals surface area contributed by atoms with E-state index in [1.807, 2.05) is 0 Å². The summed E-state index contributed by atoms with van der Waals surface area (Å²) in [5, 5.41) is 8.90. The predicted molar refractivity (Wildman–Crippen MR) is 106 cm³/mol. The number of halogens is 2. The highest BCUT2D eigenvalue weighted by Crippen LogP contribution is 2.22. The van der Waals surface area contributed by atoms with E-state index in [0.717, 1.165) is 16.7 Å². The van der Waals surface area contributed by atoms with Crippen LogP contribution in [0.4, 0.5) is 13.6 Å². The maximum atomic E-state index is 14.5. The van der Waals surface area contributed by atoms with Crippen LogP contribution in [0.25, 0.3) is 22.0 Å². The summed E-state index contributed by atoms with van der Waals surface area (Å²) in [5.74, 6) is -1.59. The molecule has 2 aromatic heterocycles. The van der Waals surface area contributed by atoms with Gasteiger partial charge in [0, 0.05) is 18.3 Å². The molecule has 30 heavy (non-hydrogen) atoms. The van der Waals surface area contributed by atoms with Crippen molar-refractivity contribution in [2.45, 2.75) is 6.54 Å². The Morgan fingerprint density at radius 2 is 1.77 bits per heavy atom. The lowest BCUT2D eigenvalue weighted by molar-refractivity contribution is 0.144. The third-order valence-corrected chi connectivity index (χ3v) is 4.58. The molecule has 2 heterocycles. The molecule has 6 nitrogen and oxygen atoms in total. The second-order valence-corrected chi connectivity index (χ2v) is 6.52. The predicted octanol–water partition coefficient (Wildman–Crippen LogP) is 4.45. The second-order valence-electron chi connectivity index (χ2n) is 6.52. The summed E-state index contributed by atoms with van der Waals surface area (Å²) < 4.78 is 33.5. The maximum Gasteiger partial charge on any atom is 0.511 e. The average Bonchev–Trinajstić information content (AvgIpc) is 2.72. The Bertz CT molecular complexity index is 1300. The summed E-state index contributed by atoms with van der Waals surface area (Å²) in [6.07, 6.45) is 0.969. The molecule has 4 aromatic rings. The lowest BCUT2D eigenvalue weighted by Gasteiger charge is -2.14. The van der Waals surface area contributed by atoms with Crippen molar-refractivity contribution in [2.24, 2.45) is 0 Å². The highest BCUT2D eigenvalue weighted by Gasteiger charge is 2.16. The fourth-order valence-corrected chi connectivity index (χ4v) is 3.23. The molecule has 150 valence electrons. The highest BCUT2D eigenvalue weighted by molar-refractivity contribution is 5.81. The number of pyridine rings is 2. The molecular formula is C22H14F2N2O4. The van der Waals surface area contributed by atoms with E-state index < -0.39 is 29.1 Å². The number of ether oxygens (including phenoxy) is 1. The fraction of sp³-hybridized carbons (Fsp3) is 0.0455. The quantitative estimate of drug-likeness (QED) is 0.399. The first kappa shape index (κ1) is 19.3. The molecule has 0 aliphatic rings. The Labute approximate surface area is 168 Å². The van der Waals surface area contributed by atoms with Crippen LogP contribution in [0.3, 0.4) is 0 Å². The molecule has 0 amide bonds. The van der Waals surface area contributed by atoms with Crippen LogP contribution >= 0.6 is 0 Å². The monoisotopic (exact) mass is 408 g/mol. The van der Waals surface area contributed by atoms with Crippen LogP contribution in [0.15, 0.2) is 71.8 Å². The van der Waals surface area contributed by atoms with E-state index in [9.17, 15) is 18.4 Å². The van der Waals surface area contributed by atoms with Crippen LogP contribution in [0, 0.1) is 11.8 Å². The van der Waals surface area contributed by atoms with Gasteiger partial charge in [-0.3, -0.25) is 4.79 Å². The molecule has 0 aliphatic carbocycles. The van der Waals surface area contributed by atoms with Crippen molar-refractivity contribution in [1.82, 2.24) is 9.55 Å². The van der Waals surface area contributed by atoms with E-state index in [4.69, 9.17) is 5.11 Å². The van der Waals surface area contributed by atoms with Gasteiger partial charge in [-0.05, 0) is 35.4 Å². The van der Waals surface area contributed by atoms with Crippen LogP contribution in [-0.2, 0) is 6.54 Å². The zero-order chi connectivity index (χ0) is 21.3. The van der Waals surface area contributed by atoms with Gasteiger partial charge in [0.05, 0.1) is 17.1 Å². The number of aromatic nitrogens is 2. The second kappa shape index (κ2) is 7.75. The number of nitrogens with zero attached hydrogens (tertiary/aromatic N) is 2. The number of hydrogen-bond donors (Lipinski definition) is 1. The van der Waals surface area contributed by atoms with E-state index in [2.05, 4.69) is 9.72 Å². The van der Waals surface area contributed by atoms with Gasteiger partial charge < -0.3 is 14.4 Å². The van der Waals surface area contributed by atoms with Gasteiger partial charge in [0.2, 0.25) is 11.4 Å². The van der Waals surface area contributed by atoms with Gasteiger partial charge in [-0.1, -0.05) is 30.3 Å². The number of carboxylic acid groups (broad SMARTS) is 1. The standard InChI is InChI=1S/C22H14F2N2O4/c23-17-3-1-2-16-20(17)26(12-18(21(16)27)30-22(28)29)11-13-4-6-14(7-5-13)15-8-9-19(24)25-10-15/h1-10,12H,11H2,(H,28,29). The number of benzene rings is 2. The molecule has 0 fully saturated rings. The number of hydrogen-bond acceptors (Lipinski definition) is 4. The lowest BCUT2D eigenvalue weighted by atomic mass is 10.1. The van der Waals surface area contributed by atoms with Crippen LogP contribution in [-0.4, -0.2) is 20.8 Å². The minimum absolute atomic E-state index is 0.0164. The third kappa shape index (κ3) is 3.75. The smallest absolute Gasteiger partial charge is 0.449 e. The molecule has 4 rings (SSSR count). The molecule has 0 unspecified atom stereocenters. The minimum Gasteiger partial charge on any atom is -0.449 e. The van der Waals surface area contributed by atoms with Gasteiger partial charge in [0.25, 0.3) is 0 Å². The summed E-state index contributed by atoms with van der Waals surface area (Å²) in [4.78, 5) is 27.0. The fourth-order valence-electron chi connectivity index (χ4n) is 3.23. The van der Waals surface area contributed by atoms with E-state index in [1.165, 1.54) is 41.2 Å². The van der Waals surface area contributed by atoms with E-state index >= 15 is 0 Å². The number of rotatable bonds is 4. The van der Waals surface area contributed by atoms with Gasteiger partial charge in [0.15, 0.2) is 5.75 Å². The Morgan fingerprint density at radius 3 is 2.43 bits per heavy atom. The van der Waals surface area contributed by atoms with Crippen molar-refractivity contribution in [3.8, 4) is 16.9 Å². The normalized spacial score (nSPS) is 10.9. The molecule has 0 saturated heterocycles. The number of para-hydroxylation sites is 1. The van der Waals surface area contributed by atoms with Gasteiger partial charge in [-0.15, -0.1) is 0 Å². The van der Waals surface area contributed by atoms with Crippen molar-refractivity contribution in [3.63, 3.8) is 0 Å². The SMILES string of the molecule is O=C(O)Oc1cn(Cc2ccc(-c3ccc(F)nc3)cc2)c2c(F)cccc2c1=O. The van der Waals surface area contributed by atoms with Crippen LogP contribution in [0.1, 0.15) is 5.56 Å². The van der Waals surface area contributed by atoms with Crippen molar-refractivity contribution < 1.29 is 23.4 Å². The molecule has 0 aliphatic heterocycles. The van der Waals surface area contributed by atoms with Crippen LogP contribution in [0.2, 0.25) is 0 Å². The zero-order valence-corrected chi connectivity index (χ0v) is 15.4. The first-order valence-electron chi connectivity index (χ1n) is 8.85. The van der Waals surface area contributed by atoms with Gasteiger partial charge in [-0.2, -0.15) is 4.39 Å². The highest BCUT2D eigenvalue weighted by atomic mass is 19.1. The van der Waals surface area contributed by atoms with Crippen molar-refractivity contribution in [1.29, 1.82) is 0 Å². The number of carbonyl (C=O) groups is 1. The molecule has 0 atom stereocenters. The van der Waals surface area contributed by atoms with Crippen molar-refractivity contribution >= 4 is 17.1 Å². The summed E-state index contributed by atoms with van der Waals surface area (Å²) in [6, 6.07) is 14.1. The topological polar surface area (TPSA) is 81.4 Å². The number of fused-ring (bicyclic) bond motifs is 1. The Balaban J connectivity index is 1.74. The summed E-state index contributed by atoms with van der Waals surface area (Å²) >= 11 is 0. The molecule has 8 heteroatoms. The molecule has 0 bridgehead atoms. The Hall–Kier alpha value is -4.07. The van der Waals surface area contributed by atoms with E-state index in [1.54, 1.807) is 30.3 Å². The lowest BCUT2D eigenvalue weighted by Crippen LogP contribution is -2.17. The molecule has 2 aromatic carbocycles. The molecule has 1 N–H and O–H groups in total. The maximum absolute atomic E-state index is 14.5. The Morgan fingerprint density at radius 1 is 1.03 bits per heavy atom. The van der Waals surface area contributed by atoms with E-state index in [-0.39, 0.29) is 17.4 Å². The Kier molecular flexibility index (Phi) is 4.97. The molecule has 0 spiro atoms. The summed E-state index contributed by atoms with van der Waals surface area (Å²) in [7, 11) is 0. The van der Waals surface area contributed by atoms with Gasteiger partial charge in [0.1, 0.15) is 5.82 Å². The van der Waals surface area contributed by atoms with Crippen molar-refractivity contribution in [3.05, 3.63) is 94.5 Å². The average molecular weight is 408 g/mol. The first-order valence-corrected chi connectivity index (χ1v) is 8.85. The summed E-state index contributed by atoms with van der Waals surface area (Å²) in [5.41, 5.74) is 1.66. The van der Waals surface area contributed by atoms with Gasteiger partial charge >= 0.3 is 6.16 Å². The minimum atomic E-state index is -1.63. The molecule has 0 saturated carbocycles. The largest absolute Gasteiger partial charge is 0.511 e. The summed E-state index contributed by atoms with van der Waals surface area (Å²) in [6.45, 7) is 0.162. The first-order chi connectivity index (χ1) is 14.4. The molecular weight excluding hydrogens is 394 g/mol. The van der Waals surface area contributed by atoms with Gasteiger partial charge in [-0.25, -0.2) is 14.2 Å². The van der Waals surface area contributed by atoms with Crippen LogP contribution < -0.4 is 10.2 Å². The third-order valence-electron chi connectivity index (χ3n) is 4.58. The zero-order valence-electron chi connectivity index (χ0n) is 15.4.